The van der Waals surface area contributed by atoms with Gasteiger partial charge >= 0.3 is 0 Å². The molecule has 4 nitrogen and oxygen atoms in total. The zero-order valence-electron chi connectivity index (χ0n) is 18.5. The van der Waals surface area contributed by atoms with E-state index in [9.17, 15) is 4.79 Å². The van der Waals surface area contributed by atoms with Gasteiger partial charge in [-0.05, 0) is 50.3 Å². The molecular formula is C26H30N2O2. The van der Waals surface area contributed by atoms with Crippen LogP contribution in [0.1, 0.15) is 57.8 Å². The fourth-order valence-corrected chi connectivity index (χ4v) is 3.73. The molecule has 0 saturated carbocycles. The number of rotatable bonds is 7. The topological polar surface area (TPSA) is 51.2 Å². The third-order valence-electron chi connectivity index (χ3n) is 5.23. The van der Waals surface area contributed by atoms with Gasteiger partial charge in [-0.1, -0.05) is 61.9 Å². The average molecular weight is 403 g/mol. The Morgan fingerprint density at radius 2 is 1.63 bits per heavy atom. The van der Waals surface area contributed by atoms with Crippen molar-refractivity contribution in [2.75, 3.05) is 5.32 Å². The molecule has 0 aliphatic rings. The summed E-state index contributed by atoms with van der Waals surface area (Å²) in [5.74, 6) is 0.376. The van der Waals surface area contributed by atoms with Crippen molar-refractivity contribution in [2.45, 2.75) is 54.1 Å². The van der Waals surface area contributed by atoms with Gasteiger partial charge < -0.3 is 10.1 Å². The lowest BCUT2D eigenvalue weighted by Crippen LogP contribution is -2.18. The first-order valence-corrected chi connectivity index (χ1v) is 10.5. The van der Waals surface area contributed by atoms with E-state index in [1.54, 1.807) is 0 Å². The first kappa shape index (κ1) is 21.6. The largest absolute Gasteiger partial charge is 0.488 e. The zero-order valence-corrected chi connectivity index (χ0v) is 18.5. The van der Waals surface area contributed by atoms with Crippen molar-refractivity contribution in [3.8, 4) is 5.75 Å². The summed E-state index contributed by atoms with van der Waals surface area (Å²) in [4.78, 5) is 17.8. The van der Waals surface area contributed by atoms with Crippen molar-refractivity contribution in [2.24, 2.45) is 0 Å². The number of pyridine rings is 1. The van der Waals surface area contributed by atoms with Gasteiger partial charge in [0.25, 0.3) is 5.91 Å². The van der Waals surface area contributed by atoms with Crippen molar-refractivity contribution in [1.29, 1.82) is 0 Å². The molecule has 0 aliphatic carbocycles. The molecule has 0 atom stereocenters. The molecule has 4 heteroatoms. The third kappa shape index (κ3) is 4.88. The van der Waals surface area contributed by atoms with Crippen LogP contribution in [0.5, 0.6) is 5.75 Å². The van der Waals surface area contributed by atoms with Crippen LogP contribution in [-0.2, 0) is 19.4 Å². The minimum Gasteiger partial charge on any atom is -0.488 e. The second-order valence-corrected chi connectivity index (χ2v) is 7.61. The Hall–Kier alpha value is -3.14. The SMILES string of the molecule is CCc1cccc(CC)c1NC(=O)c1c(OCc2cccc(C)c2)cc(C)nc1C. The Bertz CT molecular complexity index is 1030. The molecule has 0 saturated heterocycles. The standard InChI is InChI=1S/C26H30N2O2/c1-6-21-12-9-13-22(7-2)25(21)28-26(29)24-19(5)27-18(4)15-23(24)30-16-20-11-8-10-17(3)14-20/h8-15H,6-7,16H2,1-5H3,(H,28,29). The van der Waals surface area contributed by atoms with Gasteiger partial charge in [0, 0.05) is 17.4 Å². The molecule has 3 rings (SSSR count). The van der Waals surface area contributed by atoms with Crippen molar-refractivity contribution in [3.63, 3.8) is 0 Å². The first-order valence-electron chi connectivity index (χ1n) is 10.5. The number of aromatic nitrogens is 1. The van der Waals surface area contributed by atoms with Gasteiger partial charge in [-0.2, -0.15) is 0 Å². The van der Waals surface area contributed by atoms with Crippen LogP contribution in [0.15, 0.2) is 48.5 Å². The lowest BCUT2D eigenvalue weighted by molar-refractivity contribution is 0.102. The lowest BCUT2D eigenvalue weighted by Gasteiger charge is -2.18. The fourth-order valence-electron chi connectivity index (χ4n) is 3.73. The van der Waals surface area contributed by atoms with Crippen LogP contribution < -0.4 is 10.1 Å². The monoisotopic (exact) mass is 402 g/mol. The van der Waals surface area contributed by atoms with Gasteiger partial charge in [0.15, 0.2) is 0 Å². The van der Waals surface area contributed by atoms with E-state index in [0.29, 0.717) is 23.6 Å². The van der Waals surface area contributed by atoms with Crippen LogP contribution in [0.4, 0.5) is 5.69 Å². The van der Waals surface area contributed by atoms with E-state index in [1.807, 2.05) is 38.1 Å². The summed E-state index contributed by atoms with van der Waals surface area (Å²) >= 11 is 0. The number of hydrogen-bond donors (Lipinski definition) is 1. The maximum absolute atomic E-state index is 13.3. The average Bonchev–Trinajstić information content (AvgIpc) is 2.71. The Morgan fingerprint density at radius 1 is 0.967 bits per heavy atom. The number of anilines is 1. The summed E-state index contributed by atoms with van der Waals surface area (Å²) in [7, 11) is 0. The van der Waals surface area contributed by atoms with E-state index in [2.05, 4.69) is 55.3 Å². The molecule has 2 aromatic carbocycles. The Labute approximate surface area is 179 Å². The quantitative estimate of drug-likeness (QED) is 0.530. The summed E-state index contributed by atoms with van der Waals surface area (Å²) in [6.45, 7) is 10.4. The number of aryl methyl sites for hydroxylation is 5. The number of nitrogens with one attached hydrogen (secondary N) is 1. The molecule has 0 radical (unpaired) electrons. The molecule has 0 fully saturated rings. The molecule has 0 aliphatic heterocycles. The van der Waals surface area contributed by atoms with E-state index in [-0.39, 0.29) is 5.91 Å². The summed E-state index contributed by atoms with van der Waals surface area (Å²) in [6.07, 6.45) is 1.70. The van der Waals surface area contributed by atoms with Gasteiger partial charge in [-0.25, -0.2) is 0 Å². The van der Waals surface area contributed by atoms with Gasteiger partial charge in [0.1, 0.15) is 17.9 Å². The van der Waals surface area contributed by atoms with E-state index in [4.69, 9.17) is 4.74 Å². The van der Waals surface area contributed by atoms with Crippen LogP contribution in [0.2, 0.25) is 0 Å². The summed E-state index contributed by atoms with van der Waals surface area (Å²) in [5.41, 5.74) is 7.38. The predicted octanol–water partition coefficient (Wildman–Crippen LogP) is 5.96. The molecule has 1 N–H and O–H groups in total. The minimum absolute atomic E-state index is 0.185. The second-order valence-electron chi connectivity index (χ2n) is 7.61. The molecule has 3 aromatic rings. The summed E-state index contributed by atoms with van der Waals surface area (Å²) in [6, 6.07) is 16.2. The zero-order chi connectivity index (χ0) is 21.7. The molecule has 1 heterocycles. The van der Waals surface area contributed by atoms with Crippen LogP contribution in [-0.4, -0.2) is 10.9 Å². The number of carbonyl (C=O) groups excluding carboxylic acids is 1. The fraction of sp³-hybridized carbons (Fsp3) is 0.308. The third-order valence-corrected chi connectivity index (χ3v) is 5.23. The Balaban J connectivity index is 1.93. The van der Waals surface area contributed by atoms with Crippen LogP contribution in [0, 0.1) is 20.8 Å². The minimum atomic E-state index is -0.185. The maximum atomic E-state index is 13.3. The first-order chi connectivity index (χ1) is 14.4. The van der Waals surface area contributed by atoms with Gasteiger partial charge in [0.05, 0.1) is 5.69 Å². The molecule has 0 unspecified atom stereocenters. The molecule has 1 amide bonds. The van der Waals surface area contributed by atoms with Crippen LogP contribution in [0.25, 0.3) is 0 Å². The highest BCUT2D eigenvalue weighted by Crippen LogP contribution is 2.28. The Kier molecular flexibility index (Phi) is 6.88. The van der Waals surface area contributed by atoms with Crippen LogP contribution in [0.3, 0.4) is 0 Å². The van der Waals surface area contributed by atoms with Crippen molar-refractivity contribution in [1.82, 2.24) is 4.98 Å². The number of hydrogen-bond acceptors (Lipinski definition) is 3. The Morgan fingerprint density at radius 3 is 2.27 bits per heavy atom. The number of amides is 1. The van der Waals surface area contributed by atoms with Gasteiger partial charge in [0.2, 0.25) is 0 Å². The van der Waals surface area contributed by atoms with Gasteiger partial charge in [-0.15, -0.1) is 0 Å². The number of nitrogens with zero attached hydrogens (tertiary/aromatic N) is 1. The maximum Gasteiger partial charge on any atom is 0.261 e. The number of para-hydroxylation sites is 1. The van der Waals surface area contributed by atoms with Crippen molar-refractivity contribution in [3.05, 3.63) is 87.7 Å². The van der Waals surface area contributed by atoms with E-state index < -0.39 is 0 Å². The van der Waals surface area contributed by atoms with E-state index in [0.717, 1.165) is 40.9 Å². The van der Waals surface area contributed by atoms with Crippen LogP contribution >= 0.6 is 0 Å². The highest BCUT2D eigenvalue weighted by Gasteiger charge is 2.20. The smallest absolute Gasteiger partial charge is 0.261 e. The van der Waals surface area contributed by atoms with Crippen molar-refractivity contribution < 1.29 is 9.53 Å². The van der Waals surface area contributed by atoms with Gasteiger partial charge in [-0.3, -0.25) is 9.78 Å². The molecule has 0 bridgehead atoms. The normalized spacial score (nSPS) is 10.7. The highest BCUT2D eigenvalue weighted by atomic mass is 16.5. The molecule has 156 valence electrons. The van der Waals surface area contributed by atoms with E-state index in [1.165, 1.54) is 5.56 Å². The summed E-state index contributed by atoms with van der Waals surface area (Å²) in [5, 5.41) is 3.15. The summed E-state index contributed by atoms with van der Waals surface area (Å²) < 4.78 is 6.11. The molecule has 0 spiro atoms. The number of benzene rings is 2. The second kappa shape index (κ2) is 9.57. The highest BCUT2D eigenvalue weighted by molar-refractivity contribution is 6.07. The molecular weight excluding hydrogens is 372 g/mol. The molecule has 30 heavy (non-hydrogen) atoms. The number of ether oxygens (including phenoxy) is 1. The van der Waals surface area contributed by atoms with Crippen molar-refractivity contribution >= 4 is 11.6 Å². The molecule has 1 aromatic heterocycles. The predicted molar refractivity (Wildman–Crippen MR) is 122 cm³/mol. The number of carbonyl (C=O) groups is 1. The van der Waals surface area contributed by atoms with E-state index >= 15 is 0 Å². The lowest BCUT2D eigenvalue weighted by atomic mass is 10.0.